The molecule has 2 rings (SSSR count). The van der Waals surface area contributed by atoms with Gasteiger partial charge in [0.05, 0.1) is 75.1 Å². The Hall–Kier alpha value is -2.55. The first-order chi connectivity index (χ1) is 34.0. The van der Waals surface area contributed by atoms with Crippen LogP contribution in [-0.2, 0) is 10.8 Å². The molecule has 0 heterocycles. The molecular weight excluding hydrogens is 885 g/mol. The molecular formula is C62H112N2O5S. The van der Waals surface area contributed by atoms with Crippen LogP contribution in [0.2, 0.25) is 0 Å². The van der Waals surface area contributed by atoms with E-state index in [9.17, 15) is 24.0 Å². The second-order valence-corrected chi connectivity index (χ2v) is 22.3. The van der Waals surface area contributed by atoms with Crippen molar-refractivity contribution in [2.45, 2.75) is 271 Å². The van der Waals surface area contributed by atoms with Crippen molar-refractivity contribution in [2.75, 3.05) is 52.4 Å². The molecule has 0 aliphatic rings. The number of hydrogen-bond donors (Lipinski definition) is 0. The van der Waals surface area contributed by atoms with E-state index in [1.54, 1.807) is 0 Å². The minimum absolute atomic E-state index is 0.00181. The molecule has 0 spiro atoms. The van der Waals surface area contributed by atoms with E-state index in [1.807, 2.05) is 0 Å². The monoisotopic (exact) mass is 997 g/mol. The molecule has 0 N–H and O–H groups in total. The van der Waals surface area contributed by atoms with E-state index in [0.29, 0.717) is 9.79 Å². The lowest BCUT2D eigenvalue weighted by atomic mass is 10.1. The first-order valence-electron chi connectivity index (χ1n) is 29.7. The second kappa shape index (κ2) is 46.3. The molecule has 0 atom stereocenters. The summed E-state index contributed by atoms with van der Waals surface area (Å²) < 4.78 is 15.1. The summed E-state index contributed by atoms with van der Waals surface area (Å²) in [4.78, 5) is 22.0. The van der Waals surface area contributed by atoms with Gasteiger partial charge in [0, 0.05) is 9.79 Å². The number of aromatic carboxylic acids is 2. The minimum atomic E-state index is -1.52. The molecule has 0 bridgehead atoms. The van der Waals surface area contributed by atoms with Crippen molar-refractivity contribution >= 4 is 22.7 Å². The lowest BCUT2D eigenvalue weighted by Crippen LogP contribution is -2.50. The van der Waals surface area contributed by atoms with Crippen LogP contribution in [0.3, 0.4) is 0 Å². The lowest BCUT2D eigenvalue weighted by Gasteiger charge is -2.39. The molecule has 0 radical (unpaired) electrons. The summed E-state index contributed by atoms with van der Waals surface area (Å²) in [6.07, 6.45) is 45.7. The number of carboxylic acids is 2. The number of quaternary nitrogens is 2. The van der Waals surface area contributed by atoms with Gasteiger partial charge >= 0.3 is 0 Å². The summed E-state index contributed by atoms with van der Waals surface area (Å²) in [5, 5.41) is 21.2. The summed E-state index contributed by atoms with van der Waals surface area (Å²) in [7, 11) is -1.52. The van der Waals surface area contributed by atoms with Gasteiger partial charge in [-0.1, -0.05) is 182 Å². The van der Waals surface area contributed by atoms with Gasteiger partial charge in [0.2, 0.25) is 0 Å². The van der Waals surface area contributed by atoms with Gasteiger partial charge in [-0.05, 0) is 138 Å². The van der Waals surface area contributed by atoms with Gasteiger partial charge in [0.1, 0.15) is 0 Å². The molecule has 0 amide bonds. The van der Waals surface area contributed by atoms with Crippen LogP contribution >= 0.6 is 0 Å². The van der Waals surface area contributed by atoms with Crippen molar-refractivity contribution < 1.29 is 33.0 Å². The quantitative estimate of drug-likeness (QED) is 0.0487. The summed E-state index contributed by atoms with van der Waals surface area (Å²) in [6.45, 7) is 30.4. The van der Waals surface area contributed by atoms with Crippen molar-refractivity contribution in [2.24, 2.45) is 0 Å². The van der Waals surface area contributed by atoms with E-state index >= 15 is 0 Å². The largest absolute Gasteiger partial charge is 0.545 e. The van der Waals surface area contributed by atoms with Crippen LogP contribution in [0.4, 0.5) is 0 Å². The highest BCUT2D eigenvalue weighted by Gasteiger charge is 2.27. The normalized spacial score (nSPS) is 11.6. The number of carbonyl (C=O) groups excluding carboxylic acids is 2. The minimum Gasteiger partial charge on any atom is -0.545 e. The lowest BCUT2D eigenvalue weighted by molar-refractivity contribution is -0.929. The van der Waals surface area contributed by atoms with Crippen LogP contribution in [-0.4, -0.2) is 77.5 Å². The number of rotatable bonds is 44. The fourth-order valence-corrected chi connectivity index (χ4v) is 10.9. The molecule has 2 aromatic carbocycles. The number of nitrogens with zero attached hydrogens (tertiary/aromatic N) is 2. The predicted molar refractivity (Wildman–Crippen MR) is 299 cm³/mol. The van der Waals surface area contributed by atoms with Gasteiger partial charge in [-0.15, -0.1) is 0 Å². The van der Waals surface area contributed by atoms with Gasteiger partial charge in [0.25, 0.3) is 0 Å². The van der Waals surface area contributed by atoms with Gasteiger partial charge in [-0.2, -0.15) is 0 Å². The standard InChI is InChI=1S/2C24H52N.C14H10O5S/c2*1-5-9-13-17-21-25(22-18-14-10-6-2,23-19-15-11-7-3)24-20-16-12-8-4;15-13(16)9-1-5-11(6-2-9)20(19)12-7-3-10(4-8-12)14(17)18/h2*5-24H2,1-4H3;1-8H,(H,15,16)(H,17,18)/q2*+1;/p-2. The zero-order valence-corrected chi connectivity index (χ0v) is 48.1. The highest BCUT2D eigenvalue weighted by atomic mass is 32.2. The Kier molecular flexibility index (Phi) is 44.6. The van der Waals surface area contributed by atoms with Crippen LogP contribution in [0.25, 0.3) is 0 Å². The van der Waals surface area contributed by atoms with Crippen molar-refractivity contribution in [1.29, 1.82) is 0 Å². The van der Waals surface area contributed by atoms with Crippen molar-refractivity contribution in [1.82, 2.24) is 0 Å². The van der Waals surface area contributed by atoms with Gasteiger partial charge < -0.3 is 28.8 Å². The van der Waals surface area contributed by atoms with E-state index in [2.05, 4.69) is 55.4 Å². The first kappa shape index (κ1) is 67.5. The molecule has 7 nitrogen and oxygen atoms in total. The van der Waals surface area contributed by atoms with Gasteiger partial charge in [-0.25, -0.2) is 4.21 Å². The number of hydrogen-bond acceptors (Lipinski definition) is 5. The fraction of sp³-hybridized carbons (Fsp3) is 0.774. The molecule has 406 valence electrons. The highest BCUT2D eigenvalue weighted by Crippen LogP contribution is 2.22. The summed E-state index contributed by atoms with van der Waals surface area (Å²) in [5.74, 6) is -2.61. The van der Waals surface area contributed by atoms with Gasteiger partial charge in [0.15, 0.2) is 0 Å². The average molecular weight is 998 g/mol. The number of carboxylic acid groups (broad SMARTS) is 2. The maximum absolute atomic E-state index is 12.2. The fourth-order valence-electron chi connectivity index (χ4n) is 9.90. The van der Waals surface area contributed by atoms with E-state index in [0.717, 1.165) is 0 Å². The van der Waals surface area contributed by atoms with Crippen molar-refractivity contribution in [3.05, 3.63) is 59.7 Å². The molecule has 0 unspecified atom stereocenters. The summed E-state index contributed by atoms with van der Waals surface area (Å²) in [5.41, 5.74) is -0.00361. The van der Waals surface area contributed by atoms with E-state index in [4.69, 9.17) is 0 Å². The zero-order chi connectivity index (χ0) is 52.0. The Morgan fingerprint density at radius 2 is 0.486 bits per heavy atom. The van der Waals surface area contributed by atoms with Crippen LogP contribution < -0.4 is 10.2 Å². The molecule has 0 saturated carbocycles. The van der Waals surface area contributed by atoms with Crippen molar-refractivity contribution in [3.63, 3.8) is 0 Å². The summed E-state index contributed by atoms with van der Waals surface area (Å²) in [6, 6.07) is 10.9. The topological polar surface area (TPSA) is 97.3 Å². The SMILES string of the molecule is CCCCCC[N+](CCCCCC)(CCCCCC)CCCCCC.CCCCCC[N+](CCCCCC)(CCCCCC)CCCCCC.O=C([O-])c1ccc(S(=O)c2ccc(C(=O)[O-])cc2)cc1. The Labute approximate surface area is 436 Å². The van der Waals surface area contributed by atoms with Gasteiger partial charge in [-0.3, -0.25) is 0 Å². The maximum atomic E-state index is 12.2. The van der Waals surface area contributed by atoms with Crippen LogP contribution in [0, 0.1) is 0 Å². The molecule has 0 aliphatic heterocycles. The molecule has 8 heteroatoms. The molecule has 70 heavy (non-hydrogen) atoms. The molecule has 0 aliphatic carbocycles. The number of carbonyl (C=O) groups is 2. The van der Waals surface area contributed by atoms with Crippen LogP contribution in [0.5, 0.6) is 0 Å². The number of benzene rings is 2. The third-order valence-corrected chi connectivity index (χ3v) is 15.9. The molecule has 0 saturated heterocycles. The van der Waals surface area contributed by atoms with E-state index in [-0.39, 0.29) is 11.1 Å². The third kappa shape index (κ3) is 34.0. The Bertz CT molecular complexity index is 1290. The van der Waals surface area contributed by atoms with E-state index < -0.39 is 22.7 Å². The Morgan fingerprint density at radius 3 is 0.629 bits per heavy atom. The second-order valence-electron chi connectivity index (χ2n) is 20.8. The maximum Gasteiger partial charge on any atom is 0.0849 e. The average Bonchev–Trinajstić information content (AvgIpc) is 3.37. The summed E-state index contributed by atoms with van der Waals surface area (Å²) >= 11 is 0. The Balaban J connectivity index is 0.00000103. The first-order valence-corrected chi connectivity index (χ1v) is 30.9. The zero-order valence-electron chi connectivity index (χ0n) is 47.2. The third-order valence-electron chi connectivity index (χ3n) is 14.5. The number of unbranched alkanes of at least 4 members (excludes halogenated alkanes) is 24. The predicted octanol–water partition coefficient (Wildman–Crippen LogP) is 15.8. The molecule has 0 fully saturated rings. The van der Waals surface area contributed by atoms with Crippen molar-refractivity contribution in [3.8, 4) is 0 Å². The molecule has 0 aromatic heterocycles. The van der Waals surface area contributed by atoms with Crippen LogP contribution in [0.15, 0.2) is 58.3 Å². The smallest absolute Gasteiger partial charge is 0.0849 e. The van der Waals surface area contributed by atoms with E-state index in [1.165, 1.54) is 315 Å². The molecule has 2 aromatic rings. The van der Waals surface area contributed by atoms with Crippen LogP contribution in [0.1, 0.15) is 282 Å². The Morgan fingerprint density at radius 1 is 0.314 bits per heavy atom. The highest BCUT2D eigenvalue weighted by molar-refractivity contribution is 7.85.